The van der Waals surface area contributed by atoms with Gasteiger partial charge < -0.3 is 18.9 Å². The van der Waals surface area contributed by atoms with Crippen molar-refractivity contribution >= 4 is 5.78 Å². The summed E-state index contributed by atoms with van der Waals surface area (Å²) in [7, 11) is 1.49. The van der Waals surface area contributed by atoms with Crippen molar-refractivity contribution in [3.8, 4) is 0 Å². The molecule has 8 nitrogen and oxygen atoms in total. The lowest BCUT2D eigenvalue weighted by molar-refractivity contribution is -0.166. The van der Waals surface area contributed by atoms with Gasteiger partial charge in [-0.05, 0) is 11.1 Å². The van der Waals surface area contributed by atoms with Crippen LogP contribution in [-0.2, 0) is 30.3 Å². The monoisotopic (exact) mass is 319 g/mol. The summed E-state index contributed by atoms with van der Waals surface area (Å²) in [5.41, 5.74) is 9.65. The van der Waals surface area contributed by atoms with Crippen molar-refractivity contribution in [2.45, 2.75) is 37.3 Å². The molecule has 2 aliphatic rings. The van der Waals surface area contributed by atoms with Crippen LogP contribution >= 0.6 is 0 Å². The number of Topliss-reactive ketones (excluding diaryl/α,β-unsaturated/α-hetero) is 1. The second-order valence-electron chi connectivity index (χ2n) is 5.36. The van der Waals surface area contributed by atoms with E-state index < -0.39 is 30.6 Å². The van der Waals surface area contributed by atoms with E-state index in [9.17, 15) is 4.79 Å². The highest BCUT2D eigenvalue weighted by atomic mass is 16.7. The summed E-state index contributed by atoms with van der Waals surface area (Å²) in [4.78, 5) is 14.6. The Bertz CT molecular complexity index is 604. The molecule has 2 heterocycles. The number of carbonyl (C=O) groups is 1. The molecule has 3 rings (SSSR count). The highest BCUT2D eigenvalue weighted by molar-refractivity contribution is 5.87. The van der Waals surface area contributed by atoms with Crippen molar-refractivity contribution in [3.05, 3.63) is 46.3 Å². The lowest BCUT2D eigenvalue weighted by Crippen LogP contribution is -2.50. The van der Waals surface area contributed by atoms with Crippen molar-refractivity contribution in [1.29, 1.82) is 0 Å². The fourth-order valence-corrected chi connectivity index (χ4v) is 2.86. The lowest BCUT2D eigenvalue weighted by atomic mass is 9.98. The van der Waals surface area contributed by atoms with Gasteiger partial charge in [-0.2, -0.15) is 0 Å². The second kappa shape index (κ2) is 7.08. The van der Waals surface area contributed by atoms with Gasteiger partial charge in [-0.25, -0.2) is 0 Å². The predicted molar refractivity (Wildman–Crippen MR) is 78.4 cm³/mol. The van der Waals surface area contributed by atoms with E-state index in [4.69, 9.17) is 24.5 Å². The van der Waals surface area contributed by atoms with Crippen molar-refractivity contribution < 1.29 is 23.7 Å². The number of hydrogen-bond donors (Lipinski definition) is 0. The SMILES string of the molecule is CO[C@@H]1O[C@H]2[C@@H](OCC(=O)[C@H]2N=[N+]=[N-])[C@H]1OCc1ccccc1. The van der Waals surface area contributed by atoms with Gasteiger partial charge in [-0.3, -0.25) is 4.79 Å². The molecule has 0 aromatic heterocycles. The molecule has 23 heavy (non-hydrogen) atoms. The lowest BCUT2D eigenvalue weighted by Gasteiger charge is -2.30. The number of methoxy groups -OCH3 is 1. The van der Waals surface area contributed by atoms with Gasteiger partial charge in [0.25, 0.3) is 0 Å². The van der Waals surface area contributed by atoms with Crippen LogP contribution in [-0.4, -0.2) is 50.1 Å². The molecular weight excluding hydrogens is 302 g/mol. The second-order valence-corrected chi connectivity index (χ2v) is 5.36. The Kier molecular flexibility index (Phi) is 4.90. The highest BCUT2D eigenvalue weighted by Crippen LogP contribution is 2.33. The average molecular weight is 319 g/mol. The standard InChI is InChI=1S/C15H17N3O5/c1-20-15-14(21-7-9-5-3-2-4-6-9)13-12(23-15)11(17-18-16)10(19)8-22-13/h2-6,11-15H,7-8H2,1H3/t11-,12-,13-,14-,15-/m1/s1. The normalized spacial score (nSPS) is 33.1. The molecule has 0 bridgehead atoms. The molecule has 0 spiro atoms. The Morgan fingerprint density at radius 2 is 2.13 bits per heavy atom. The van der Waals surface area contributed by atoms with Gasteiger partial charge in [0.15, 0.2) is 12.1 Å². The Morgan fingerprint density at radius 1 is 1.35 bits per heavy atom. The summed E-state index contributed by atoms with van der Waals surface area (Å²) in [6.45, 7) is 0.233. The van der Waals surface area contributed by atoms with Gasteiger partial charge in [0.05, 0.1) is 6.61 Å². The van der Waals surface area contributed by atoms with Crippen LogP contribution in [0.25, 0.3) is 10.4 Å². The maximum absolute atomic E-state index is 11.9. The summed E-state index contributed by atoms with van der Waals surface area (Å²) >= 11 is 0. The van der Waals surface area contributed by atoms with E-state index in [1.54, 1.807) is 0 Å². The Morgan fingerprint density at radius 3 is 2.83 bits per heavy atom. The fourth-order valence-electron chi connectivity index (χ4n) is 2.86. The number of carbonyl (C=O) groups excluding carboxylic acids is 1. The first-order valence-corrected chi connectivity index (χ1v) is 7.27. The number of ketones is 1. The Balaban J connectivity index is 1.74. The van der Waals surface area contributed by atoms with Crippen molar-refractivity contribution in [2.75, 3.05) is 13.7 Å². The van der Waals surface area contributed by atoms with Crippen LogP contribution in [0.2, 0.25) is 0 Å². The minimum absolute atomic E-state index is 0.129. The maximum atomic E-state index is 11.9. The first-order chi connectivity index (χ1) is 11.2. The van der Waals surface area contributed by atoms with E-state index >= 15 is 0 Å². The predicted octanol–water partition coefficient (Wildman–Crippen LogP) is 1.59. The summed E-state index contributed by atoms with van der Waals surface area (Å²) in [6, 6.07) is 8.76. The van der Waals surface area contributed by atoms with Crippen molar-refractivity contribution in [1.82, 2.24) is 0 Å². The van der Waals surface area contributed by atoms with Gasteiger partial charge in [0.2, 0.25) is 0 Å². The molecule has 2 fully saturated rings. The quantitative estimate of drug-likeness (QED) is 0.466. The van der Waals surface area contributed by atoms with Crippen molar-refractivity contribution in [3.63, 3.8) is 0 Å². The number of fused-ring (bicyclic) bond motifs is 1. The van der Waals surface area contributed by atoms with E-state index in [1.165, 1.54) is 7.11 Å². The maximum Gasteiger partial charge on any atom is 0.186 e. The molecule has 0 unspecified atom stereocenters. The molecule has 0 saturated carbocycles. The van der Waals surface area contributed by atoms with E-state index in [0.717, 1.165) is 5.56 Å². The molecule has 5 atom stereocenters. The van der Waals surface area contributed by atoms with Crippen LogP contribution in [0, 0.1) is 0 Å². The third-order valence-corrected chi connectivity index (χ3v) is 3.96. The smallest absolute Gasteiger partial charge is 0.186 e. The number of benzene rings is 1. The number of rotatable bonds is 5. The average Bonchev–Trinajstić information content (AvgIpc) is 2.94. The van der Waals surface area contributed by atoms with E-state index in [2.05, 4.69) is 10.0 Å². The minimum Gasteiger partial charge on any atom is -0.365 e. The summed E-state index contributed by atoms with van der Waals surface area (Å²) in [6.07, 6.45) is -2.40. The van der Waals surface area contributed by atoms with E-state index in [0.29, 0.717) is 6.61 Å². The zero-order valence-corrected chi connectivity index (χ0v) is 12.6. The van der Waals surface area contributed by atoms with Crippen LogP contribution in [0.1, 0.15) is 5.56 Å². The fraction of sp³-hybridized carbons (Fsp3) is 0.533. The molecule has 1 aromatic rings. The topological polar surface area (TPSA) is 103 Å². The van der Waals surface area contributed by atoms with Crippen LogP contribution in [0.5, 0.6) is 0 Å². The molecule has 1 aromatic carbocycles. The van der Waals surface area contributed by atoms with E-state index in [1.807, 2.05) is 30.3 Å². The molecule has 0 aliphatic carbocycles. The molecule has 0 amide bonds. The zero-order chi connectivity index (χ0) is 16.2. The van der Waals surface area contributed by atoms with E-state index in [-0.39, 0.29) is 12.4 Å². The van der Waals surface area contributed by atoms with Crippen LogP contribution < -0.4 is 0 Å². The van der Waals surface area contributed by atoms with Gasteiger partial charge in [0.1, 0.15) is 31.0 Å². The summed E-state index contributed by atoms with van der Waals surface area (Å²) in [5, 5.41) is 3.54. The number of azide groups is 1. The van der Waals surface area contributed by atoms with Crippen molar-refractivity contribution in [2.24, 2.45) is 5.11 Å². The number of ether oxygens (including phenoxy) is 4. The van der Waals surface area contributed by atoms with Crippen LogP contribution in [0.4, 0.5) is 0 Å². The highest BCUT2D eigenvalue weighted by Gasteiger charge is 2.53. The number of hydrogen-bond acceptors (Lipinski definition) is 6. The Hall–Kier alpha value is -1.96. The molecular formula is C15H17N3O5. The Labute approximate surface area is 132 Å². The summed E-state index contributed by atoms with van der Waals surface area (Å²) in [5.74, 6) is -0.303. The molecule has 122 valence electrons. The third-order valence-electron chi connectivity index (χ3n) is 3.96. The zero-order valence-electron chi connectivity index (χ0n) is 12.6. The third kappa shape index (κ3) is 3.21. The molecule has 8 heteroatoms. The minimum atomic E-state index is -0.915. The number of nitrogens with zero attached hydrogens (tertiary/aromatic N) is 3. The molecule has 2 saturated heterocycles. The first-order valence-electron chi connectivity index (χ1n) is 7.27. The van der Waals surface area contributed by atoms with Crippen LogP contribution in [0.3, 0.4) is 0 Å². The van der Waals surface area contributed by atoms with Crippen LogP contribution in [0.15, 0.2) is 35.4 Å². The first kappa shape index (κ1) is 15.9. The van der Waals surface area contributed by atoms with Gasteiger partial charge >= 0.3 is 0 Å². The van der Waals surface area contributed by atoms with Gasteiger partial charge in [-0.1, -0.05) is 35.4 Å². The summed E-state index contributed by atoms with van der Waals surface area (Å²) < 4.78 is 22.4. The van der Waals surface area contributed by atoms with Gasteiger partial charge in [-0.15, -0.1) is 0 Å². The molecule has 2 aliphatic heterocycles. The molecule has 0 radical (unpaired) electrons. The largest absolute Gasteiger partial charge is 0.365 e. The van der Waals surface area contributed by atoms with Gasteiger partial charge in [0, 0.05) is 12.0 Å². The molecule has 0 N–H and O–H groups in total.